The number of aromatic amines is 1. The monoisotopic (exact) mass is 287 g/mol. The Morgan fingerprint density at radius 3 is 2.71 bits per heavy atom. The molecule has 0 saturated heterocycles. The molecule has 0 unspecified atom stereocenters. The summed E-state index contributed by atoms with van der Waals surface area (Å²) in [4.78, 5) is 16.4. The number of H-pyrrole nitrogens is 1. The maximum absolute atomic E-state index is 12.2. The van der Waals surface area contributed by atoms with Crippen LogP contribution in [0.15, 0.2) is 24.3 Å². The van der Waals surface area contributed by atoms with Crippen molar-refractivity contribution in [2.45, 2.75) is 33.2 Å². The fourth-order valence-corrected chi connectivity index (χ4v) is 2.09. The number of carbonyl (C=O) groups is 1. The van der Waals surface area contributed by atoms with E-state index < -0.39 is 6.04 Å². The number of amides is 1. The van der Waals surface area contributed by atoms with Crippen LogP contribution in [-0.2, 0) is 4.79 Å². The van der Waals surface area contributed by atoms with E-state index in [4.69, 9.17) is 5.73 Å². The molecule has 1 atom stereocenters. The van der Waals surface area contributed by atoms with E-state index in [2.05, 4.69) is 20.5 Å². The second-order valence-electron chi connectivity index (χ2n) is 5.52. The number of benzene rings is 1. The van der Waals surface area contributed by atoms with Gasteiger partial charge >= 0.3 is 0 Å². The van der Waals surface area contributed by atoms with Gasteiger partial charge in [0.25, 0.3) is 0 Å². The molecule has 1 heterocycles. The highest BCUT2D eigenvalue weighted by atomic mass is 16.2. The maximum Gasteiger partial charge on any atom is 0.241 e. The van der Waals surface area contributed by atoms with Crippen LogP contribution in [0.4, 0.5) is 5.69 Å². The zero-order valence-corrected chi connectivity index (χ0v) is 12.6. The molecule has 0 aliphatic heterocycles. The highest BCUT2D eigenvalue weighted by Crippen LogP contribution is 2.25. The molecule has 0 radical (unpaired) electrons. The average molecular weight is 287 g/mol. The van der Waals surface area contributed by atoms with Crippen molar-refractivity contribution in [2.24, 2.45) is 11.7 Å². The van der Waals surface area contributed by atoms with E-state index in [1.807, 2.05) is 45.0 Å². The van der Waals surface area contributed by atoms with Gasteiger partial charge in [-0.05, 0) is 31.4 Å². The third kappa shape index (κ3) is 3.88. The molecule has 21 heavy (non-hydrogen) atoms. The first-order valence-corrected chi connectivity index (χ1v) is 7.02. The number of nitrogens with one attached hydrogen (secondary N) is 2. The Kier molecular flexibility index (Phi) is 4.70. The lowest BCUT2D eigenvalue weighted by Crippen LogP contribution is -2.36. The summed E-state index contributed by atoms with van der Waals surface area (Å²) in [5.74, 6) is 1.46. The van der Waals surface area contributed by atoms with Gasteiger partial charge in [-0.25, -0.2) is 4.98 Å². The minimum atomic E-state index is -0.521. The second kappa shape index (κ2) is 6.49. The topological polar surface area (TPSA) is 96.7 Å². The Hall–Kier alpha value is -2.21. The minimum absolute atomic E-state index is 0.191. The van der Waals surface area contributed by atoms with E-state index in [9.17, 15) is 4.79 Å². The van der Waals surface area contributed by atoms with Gasteiger partial charge in [-0.3, -0.25) is 9.89 Å². The molecule has 0 spiro atoms. The number of nitrogens with two attached hydrogens (primary N) is 1. The Labute approximate surface area is 124 Å². The van der Waals surface area contributed by atoms with Crippen LogP contribution >= 0.6 is 0 Å². The van der Waals surface area contributed by atoms with Crippen molar-refractivity contribution < 1.29 is 4.79 Å². The Morgan fingerprint density at radius 1 is 1.38 bits per heavy atom. The number of carbonyl (C=O) groups excluding carboxylic acids is 1. The third-order valence-electron chi connectivity index (χ3n) is 3.09. The molecule has 0 saturated carbocycles. The normalized spacial score (nSPS) is 12.4. The number of para-hydroxylation sites is 1. The molecule has 2 aromatic rings. The van der Waals surface area contributed by atoms with Gasteiger partial charge in [-0.1, -0.05) is 26.0 Å². The van der Waals surface area contributed by atoms with Crippen LogP contribution in [-0.4, -0.2) is 27.1 Å². The maximum atomic E-state index is 12.2. The summed E-state index contributed by atoms with van der Waals surface area (Å²) < 4.78 is 0. The first kappa shape index (κ1) is 15.2. The van der Waals surface area contributed by atoms with E-state index >= 15 is 0 Å². The summed E-state index contributed by atoms with van der Waals surface area (Å²) in [5, 5.41) is 9.79. The van der Waals surface area contributed by atoms with Gasteiger partial charge in [0.05, 0.1) is 11.7 Å². The van der Waals surface area contributed by atoms with E-state index in [0.717, 1.165) is 11.4 Å². The molecule has 1 aromatic heterocycles. The van der Waals surface area contributed by atoms with Crippen LogP contribution in [0.1, 0.15) is 26.1 Å². The fourth-order valence-electron chi connectivity index (χ4n) is 2.09. The average Bonchev–Trinajstić information content (AvgIpc) is 2.85. The summed E-state index contributed by atoms with van der Waals surface area (Å²) >= 11 is 0. The molecule has 0 bridgehead atoms. The lowest BCUT2D eigenvalue weighted by molar-refractivity contribution is -0.117. The van der Waals surface area contributed by atoms with Gasteiger partial charge in [-0.15, -0.1) is 0 Å². The molecule has 1 amide bonds. The van der Waals surface area contributed by atoms with Gasteiger partial charge in [0, 0.05) is 5.56 Å². The largest absolute Gasteiger partial charge is 0.324 e. The van der Waals surface area contributed by atoms with Crippen molar-refractivity contribution in [1.82, 2.24) is 15.2 Å². The van der Waals surface area contributed by atoms with Gasteiger partial charge < -0.3 is 11.1 Å². The van der Waals surface area contributed by atoms with E-state index in [1.165, 1.54) is 0 Å². The summed E-state index contributed by atoms with van der Waals surface area (Å²) in [6.07, 6.45) is 0.647. The van der Waals surface area contributed by atoms with Gasteiger partial charge in [0.15, 0.2) is 5.82 Å². The highest BCUT2D eigenvalue weighted by Gasteiger charge is 2.17. The smallest absolute Gasteiger partial charge is 0.241 e. The lowest BCUT2D eigenvalue weighted by Gasteiger charge is -2.15. The summed E-state index contributed by atoms with van der Waals surface area (Å²) in [7, 11) is 0. The number of hydrogen-bond acceptors (Lipinski definition) is 4. The third-order valence-corrected chi connectivity index (χ3v) is 3.09. The number of rotatable bonds is 5. The molecule has 6 heteroatoms. The zero-order chi connectivity index (χ0) is 15.4. The number of aryl methyl sites for hydroxylation is 1. The van der Waals surface area contributed by atoms with Crippen molar-refractivity contribution >= 4 is 11.6 Å². The van der Waals surface area contributed by atoms with Crippen LogP contribution in [0.2, 0.25) is 0 Å². The van der Waals surface area contributed by atoms with Crippen molar-refractivity contribution in [2.75, 3.05) is 5.32 Å². The molecule has 112 valence electrons. The second-order valence-corrected chi connectivity index (χ2v) is 5.52. The van der Waals surface area contributed by atoms with Crippen molar-refractivity contribution in [3.8, 4) is 11.4 Å². The Bertz CT molecular complexity index is 620. The minimum Gasteiger partial charge on any atom is -0.324 e. The van der Waals surface area contributed by atoms with Crippen molar-refractivity contribution in [3.05, 3.63) is 30.1 Å². The van der Waals surface area contributed by atoms with E-state index in [1.54, 1.807) is 0 Å². The molecule has 0 fully saturated rings. The molecule has 0 aliphatic carbocycles. The first-order chi connectivity index (χ1) is 9.97. The van der Waals surface area contributed by atoms with E-state index in [0.29, 0.717) is 23.9 Å². The quantitative estimate of drug-likeness (QED) is 0.784. The number of aromatic nitrogens is 3. The fraction of sp³-hybridized carbons (Fsp3) is 0.400. The highest BCUT2D eigenvalue weighted by molar-refractivity contribution is 5.97. The molecule has 6 nitrogen and oxygen atoms in total. The summed E-state index contributed by atoms with van der Waals surface area (Å²) in [6, 6.07) is 6.90. The zero-order valence-electron chi connectivity index (χ0n) is 12.6. The molecule has 0 aliphatic rings. The van der Waals surface area contributed by atoms with Crippen LogP contribution in [0.25, 0.3) is 11.4 Å². The Balaban J connectivity index is 2.19. The molecule has 2 rings (SSSR count). The predicted octanol–water partition coefficient (Wildman–Crippen LogP) is 2.09. The van der Waals surface area contributed by atoms with Crippen LogP contribution in [0.3, 0.4) is 0 Å². The number of anilines is 1. The number of hydrogen-bond donors (Lipinski definition) is 3. The van der Waals surface area contributed by atoms with Gasteiger partial charge in [0.1, 0.15) is 5.82 Å². The molecule has 4 N–H and O–H groups in total. The molecule has 1 aromatic carbocycles. The summed E-state index contributed by atoms with van der Waals surface area (Å²) in [5.41, 5.74) is 7.35. The van der Waals surface area contributed by atoms with Crippen LogP contribution in [0, 0.1) is 12.8 Å². The van der Waals surface area contributed by atoms with Crippen molar-refractivity contribution in [3.63, 3.8) is 0 Å². The molecular formula is C15H21N5O. The van der Waals surface area contributed by atoms with Crippen LogP contribution in [0.5, 0.6) is 0 Å². The van der Waals surface area contributed by atoms with Gasteiger partial charge in [0.2, 0.25) is 5.91 Å². The first-order valence-electron chi connectivity index (χ1n) is 7.02. The van der Waals surface area contributed by atoms with Gasteiger partial charge in [-0.2, -0.15) is 5.10 Å². The predicted molar refractivity (Wildman–Crippen MR) is 82.6 cm³/mol. The standard InChI is InChI=1S/C15H21N5O/c1-9(2)8-12(16)15(21)18-13-7-5-4-6-11(13)14-17-10(3)19-20-14/h4-7,9,12H,8,16H2,1-3H3,(H,18,21)(H,17,19,20)/t12-/m1/s1. The lowest BCUT2D eigenvalue weighted by atomic mass is 10.0. The number of nitrogens with zero attached hydrogens (tertiary/aromatic N) is 2. The SMILES string of the molecule is Cc1nc(-c2ccccc2NC(=O)[C@H](N)CC(C)C)n[nH]1. The summed E-state index contributed by atoms with van der Waals surface area (Å²) in [6.45, 7) is 5.91. The Morgan fingerprint density at radius 2 is 2.10 bits per heavy atom. The van der Waals surface area contributed by atoms with Crippen molar-refractivity contribution in [1.29, 1.82) is 0 Å². The molecular weight excluding hydrogens is 266 g/mol. The van der Waals surface area contributed by atoms with E-state index in [-0.39, 0.29) is 5.91 Å². The van der Waals surface area contributed by atoms with Crippen LogP contribution < -0.4 is 11.1 Å².